The lowest BCUT2D eigenvalue weighted by molar-refractivity contribution is 0.457. The summed E-state index contributed by atoms with van der Waals surface area (Å²) in [6.07, 6.45) is 3.46. The van der Waals surface area contributed by atoms with Crippen molar-refractivity contribution in [3.8, 4) is 11.6 Å². The number of ether oxygens (including phenoxy) is 1. The van der Waals surface area contributed by atoms with Gasteiger partial charge in [0.2, 0.25) is 5.88 Å². The van der Waals surface area contributed by atoms with Gasteiger partial charge in [0.05, 0.1) is 18.8 Å². The Morgan fingerprint density at radius 1 is 1.21 bits per heavy atom. The zero-order chi connectivity index (χ0) is 19.8. The molecule has 0 saturated carbocycles. The van der Waals surface area contributed by atoms with Crippen molar-refractivity contribution < 1.29 is 9.13 Å². The number of pyridine rings is 1. The maximum Gasteiger partial charge on any atom is 0.219 e. The van der Waals surface area contributed by atoms with E-state index in [0.717, 1.165) is 17.8 Å². The number of hydrogen-bond donors (Lipinski definition) is 2. The molecular formula is C20H24FIN6O. The molecule has 2 N–H and O–H groups in total. The van der Waals surface area contributed by atoms with Gasteiger partial charge >= 0.3 is 0 Å². The molecule has 0 fully saturated rings. The van der Waals surface area contributed by atoms with Crippen molar-refractivity contribution >= 4 is 29.9 Å². The molecular weight excluding hydrogens is 486 g/mol. The maximum absolute atomic E-state index is 13.2. The summed E-state index contributed by atoms with van der Waals surface area (Å²) in [5.41, 5.74) is 2.00. The molecule has 0 amide bonds. The van der Waals surface area contributed by atoms with Crippen molar-refractivity contribution in [2.75, 3.05) is 6.54 Å². The summed E-state index contributed by atoms with van der Waals surface area (Å²) in [6.45, 7) is 3.87. The van der Waals surface area contributed by atoms with Gasteiger partial charge in [0.25, 0.3) is 0 Å². The number of aryl methyl sites for hydroxylation is 1. The Kier molecular flexibility index (Phi) is 8.84. The minimum absolute atomic E-state index is 0. The molecule has 0 aliphatic rings. The molecule has 2 aromatic heterocycles. The summed E-state index contributed by atoms with van der Waals surface area (Å²) in [6, 6.07) is 11.5. The van der Waals surface area contributed by atoms with Crippen LogP contribution < -0.4 is 15.4 Å². The van der Waals surface area contributed by atoms with E-state index in [4.69, 9.17) is 4.74 Å². The fourth-order valence-electron chi connectivity index (χ4n) is 2.48. The smallest absolute Gasteiger partial charge is 0.219 e. The number of aromatic nitrogens is 3. The number of nitrogens with zero attached hydrogens (tertiary/aromatic N) is 4. The first-order valence-corrected chi connectivity index (χ1v) is 9.01. The van der Waals surface area contributed by atoms with Crippen LogP contribution in [0.15, 0.2) is 59.9 Å². The zero-order valence-electron chi connectivity index (χ0n) is 16.3. The third-order valence-electron chi connectivity index (χ3n) is 3.94. The Hall–Kier alpha value is -2.69. The molecule has 0 aliphatic carbocycles. The van der Waals surface area contributed by atoms with Crippen LogP contribution in [0, 0.1) is 5.82 Å². The average Bonchev–Trinajstić information content (AvgIpc) is 3.10. The van der Waals surface area contributed by atoms with Crippen LogP contribution in [0.5, 0.6) is 11.6 Å². The van der Waals surface area contributed by atoms with E-state index in [-0.39, 0.29) is 29.8 Å². The third kappa shape index (κ3) is 7.00. The standard InChI is InChI=1S/C20H23FN6O.HI/c1-3-22-20(25-14-17-9-10-26-27(17)2)24-13-15-7-8-19(23-12-15)28-18-6-4-5-16(21)11-18;/h4-12H,3,13-14H2,1-2H3,(H2,22,24,25);1H. The number of hydrogen-bond acceptors (Lipinski definition) is 4. The molecule has 3 aromatic rings. The number of nitrogens with one attached hydrogen (secondary N) is 2. The van der Waals surface area contributed by atoms with E-state index in [1.165, 1.54) is 12.1 Å². The Labute approximate surface area is 186 Å². The lowest BCUT2D eigenvalue weighted by atomic mass is 10.3. The minimum atomic E-state index is -0.349. The number of aliphatic imine (C=N–C) groups is 1. The highest BCUT2D eigenvalue weighted by Gasteiger charge is 2.03. The second-order valence-electron chi connectivity index (χ2n) is 6.06. The second-order valence-corrected chi connectivity index (χ2v) is 6.06. The first-order chi connectivity index (χ1) is 13.6. The van der Waals surface area contributed by atoms with E-state index < -0.39 is 0 Å². The fraction of sp³-hybridized carbons (Fsp3) is 0.250. The van der Waals surface area contributed by atoms with E-state index >= 15 is 0 Å². The van der Waals surface area contributed by atoms with Gasteiger partial charge in [-0.1, -0.05) is 12.1 Å². The van der Waals surface area contributed by atoms with Crippen molar-refractivity contribution in [1.29, 1.82) is 0 Å². The van der Waals surface area contributed by atoms with Crippen LogP contribution in [-0.2, 0) is 20.1 Å². The van der Waals surface area contributed by atoms with Crippen LogP contribution in [0.3, 0.4) is 0 Å². The Bertz CT molecular complexity index is 929. The van der Waals surface area contributed by atoms with Gasteiger partial charge in [-0.2, -0.15) is 5.10 Å². The first-order valence-electron chi connectivity index (χ1n) is 9.01. The third-order valence-corrected chi connectivity index (χ3v) is 3.94. The van der Waals surface area contributed by atoms with Gasteiger partial charge in [0, 0.05) is 38.1 Å². The lowest BCUT2D eigenvalue weighted by Crippen LogP contribution is -2.37. The summed E-state index contributed by atoms with van der Waals surface area (Å²) in [5.74, 6) is 1.17. The Morgan fingerprint density at radius 3 is 2.72 bits per heavy atom. The molecule has 0 aliphatic heterocycles. The SMILES string of the molecule is CCNC(=NCc1ccc(Oc2cccc(F)c2)nc1)NCc1ccnn1C.I. The minimum Gasteiger partial charge on any atom is -0.439 e. The van der Waals surface area contributed by atoms with Crippen molar-refractivity contribution in [2.24, 2.45) is 12.0 Å². The number of guanidine groups is 1. The van der Waals surface area contributed by atoms with Crippen LogP contribution in [0.4, 0.5) is 4.39 Å². The topological polar surface area (TPSA) is 76.4 Å². The zero-order valence-corrected chi connectivity index (χ0v) is 18.6. The van der Waals surface area contributed by atoms with Gasteiger partial charge < -0.3 is 15.4 Å². The highest BCUT2D eigenvalue weighted by molar-refractivity contribution is 14.0. The summed E-state index contributed by atoms with van der Waals surface area (Å²) in [4.78, 5) is 8.83. The number of benzene rings is 1. The molecule has 0 radical (unpaired) electrons. The van der Waals surface area contributed by atoms with E-state index in [0.29, 0.717) is 30.7 Å². The van der Waals surface area contributed by atoms with E-state index in [1.807, 2.05) is 30.8 Å². The monoisotopic (exact) mass is 510 g/mol. The van der Waals surface area contributed by atoms with Crippen molar-refractivity contribution in [1.82, 2.24) is 25.4 Å². The van der Waals surface area contributed by atoms with Crippen LogP contribution in [0.25, 0.3) is 0 Å². The second kappa shape index (κ2) is 11.3. The van der Waals surface area contributed by atoms with Crippen molar-refractivity contribution in [2.45, 2.75) is 20.0 Å². The predicted molar refractivity (Wildman–Crippen MR) is 121 cm³/mol. The van der Waals surface area contributed by atoms with Crippen molar-refractivity contribution in [3.63, 3.8) is 0 Å². The van der Waals surface area contributed by atoms with Gasteiger partial charge in [-0.25, -0.2) is 14.4 Å². The van der Waals surface area contributed by atoms with E-state index in [9.17, 15) is 4.39 Å². The number of halogens is 2. The van der Waals surface area contributed by atoms with Gasteiger partial charge in [-0.15, -0.1) is 24.0 Å². The maximum atomic E-state index is 13.2. The highest BCUT2D eigenvalue weighted by Crippen LogP contribution is 2.20. The van der Waals surface area contributed by atoms with Crippen LogP contribution >= 0.6 is 24.0 Å². The van der Waals surface area contributed by atoms with Gasteiger partial charge in [-0.05, 0) is 30.7 Å². The molecule has 0 spiro atoms. The first kappa shape index (κ1) is 22.6. The van der Waals surface area contributed by atoms with Crippen LogP contribution in [0.1, 0.15) is 18.2 Å². The number of rotatable bonds is 7. The molecule has 154 valence electrons. The molecule has 0 bridgehead atoms. The molecule has 0 unspecified atom stereocenters. The fourth-order valence-corrected chi connectivity index (χ4v) is 2.48. The molecule has 1 aromatic carbocycles. The summed E-state index contributed by atoms with van der Waals surface area (Å²) in [5, 5.41) is 10.6. The van der Waals surface area contributed by atoms with E-state index in [2.05, 4.69) is 25.7 Å². The van der Waals surface area contributed by atoms with E-state index in [1.54, 1.807) is 30.6 Å². The van der Waals surface area contributed by atoms with Gasteiger partial charge in [0.1, 0.15) is 11.6 Å². The largest absolute Gasteiger partial charge is 0.439 e. The predicted octanol–water partition coefficient (Wildman–Crippen LogP) is 3.62. The van der Waals surface area contributed by atoms with Gasteiger partial charge in [-0.3, -0.25) is 4.68 Å². The molecule has 3 rings (SSSR count). The molecule has 29 heavy (non-hydrogen) atoms. The Morgan fingerprint density at radius 2 is 2.07 bits per heavy atom. The Balaban J connectivity index is 0.00000300. The molecule has 7 nitrogen and oxygen atoms in total. The highest BCUT2D eigenvalue weighted by atomic mass is 127. The molecule has 9 heteroatoms. The normalized spacial score (nSPS) is 10.9. The summed E-state index contributed by atoms with van der Waals surface area (Å²) < 4.78 is 20.6. The van der Waals surface area contributed by atoms with Gasteiger partial charge in [0.15, 0.2) is 5.96 Å². The lowest BCUT2D eigenvalue weighted by Gasteiger charge is -2.11. The van der Waals surface area contributed by atoms with Crippen molar-refractivity contribution in [3.05, 3.63) is 71.9 Å². The van der Waals surface area contributed by atoms with Crippen LogP contribution in [0.2, 0.25) is 0 Å². The quantitative estimate of drug-likeness (QED) is 0.289. The molecule has 0 atom stereocenters. The van der Waals surface area contributed by atoms with Crippen LogP contribution in [-0.4, -0.2) is 27.3 Å². The molecule has 2 heterocycles. The summed E-state index contributed by atoms with van der Waals surface area (Å²) >= 11 is 0. The average molecular weight is 510 g/mol. The summed E-state index contributed by atoms with van der Waals surface area (Å²) in [7, 11) is 1.90. The molecule has 0 saturated heterocycles.